The molecule has 0 spiro atoms. The highest BCUT2D eigenvalue weighted by atomic mass is 28.3. The maximum atomic E-state index is 2.60. The third kappa shape index (κ3) is 5.21. The number of hydrogen-bond donors (Lipinski definition) is 0. The maximum Gasteiger partial charge on any atom is 0.181 e. The summed E-state index contributed by atoms with van der Waals surface area (Å²) in [5.74, 6) is 0. The van der Waals surface area contributed by atoms with Gasteiger partial charge in [0.1, 0.15) is 0 Å². The molecule has 0 atom stereocenters. The summed E-state index contributed by atoms with van der Waals surface area (Å²) < 4.78 is 7.59. The van der Waals surface area contributed by atoms with Crippen molar-refractivity contribution in [2.75, 3.05) is 0 Å². The van der Waals surface area contributed by atoms with E-state index in [0.29, 0.717) is 0 Å². The summed E-state index contributed by atoms with van der Waals surface area (Å²) >= 11 is 0. The van der Waals surface area contributed by atoms with E-state index in [9.17, 15) is 0 Å². The van der Waals surface area contributed by atoms with Gasteiger partial charge in [-0.05, 0) is 75.3 Å². The molecule has 0 radical (unpaired) electrons. The molecule has 0 amide bonds. The van der Waals surface area contributed by atoms with Crippen LogP contribution in [0, 0.1) is 0 Å². The molecule has 3 aromatic heterocycles. The van der Waals surface area contributed by atoms with Crippen molar-refractivity contribution >= 4 is 94.2 Å². The predicted octanol–water partition coefficient (Wildman–Crippen LogP) is 12.4. The van der Waals surface area contributed by atoms with Gasteiger partial charge in [0, 0.05) is 43.7 Å². The minimum atomic E-state index is -3.15. The molecular formula is C60H41N3Si. The Morgan fingerprint density at radius 1 is 0.250 bits per heavy atom. The van der Waals surface area contributed by atoms with Crippen molar-refractivity contribution in [1.29, 1.82) is 0 Å². The number of benzene rings is 10. The Labute approximate surface area is 372 Å². The van der Waals surface area contributed by atoms with Gasteiger partial charge >= 0.3 is 0 Å². The monoisotopic (exact) mass is 831 g/mol. The molecule has 0 bridgehead atoms. The molecule has 13 aromatic rings. The lowest BCUT2D eigenvalue weighted by molar-refractivity contribution is 1.13. The fourth-order valence-corrected chi connectivity index (χ4v) is 15.9. The van der Waals surface area contributed by atoms with Gasteiger partial charge < -0.3 is 13.7 Å². The van der Waals surface area contributed by atoms with Crippen molar-refractivity contribution in [2.45, 2.75) is 0 Å². The standard InChI is InChI=1S/C60H41N3Si/c1-5-22-42(23-6-1)61-52-35-17-15-32-48(52)50-34-21-39-56(60(50)61)63-55-38-20-16-33-49(55)51-40-58(62-53-36-18-13-30-46(53)47-31-14-19-37-54(47)62)59(41-57(51)63)64(43-24-7-2-8-25-43,44-26-9-3-10-27-44)45-28-11-4-12-29-45/h1-41H. The Bertz CT molecular complexity index is 3730. The van der Waals surface area contributed by atoms with Crippen LogP contribution in [-0.2, 0) is 0 Å². The summed E-state index contributed by atoms with van der Waals surface area (Å²) in [6.45, 7) is 0. The molecule has 13 rings (SSSR count). The average molecular weight is 832 g/mol. The normalized spacial score (nSPS) is 12.1. The zero-order chi connectivity index (χ0) is 42.2. The molecule has 0 saturated heterocycles. The lowest BCUT2D eigenvalue weighted by Gasteiger charge is -2.36. The van der Waals surface area contributed by atoms with Gasteiger partial charge in [-0.3, -0.25) is 0 Å². The molecule has 0 aliphatic heterocycles. The van der Waals surface area contributed by atoms with Crippen molar-refractivity contribution in [3.8, 4) is 17.1 Å². The number of hydrogen-bond acceptors (Lipinski definition) is 0. The first-order valence-electron chi connectivity index (χ1n) is 22.1. The number of nitrogens with zero attached hydrogens (tertiary/aromatic N) is 3. The zero-order valence-corrected chi connectivity index (χ0v) is 36.0. The Kier molecular flexibility index (Phi) is 8.23. The van der Waals surface area contributed by atoms with Crippen molar-refractivity contribution in [3.63, 3.8) is 0 Å². The molecule has 0 aliphatic carbocycles. The van der Waals surface area contributed by atoms with Crippen LogP contribution in [0.15, 0.2) is 249 Å². The Morgan fingerprint density at radius 2 is 0.625 bits per heavy atom. The number of aromatic nitrogens is 3. The minimum absolute atomic E-state index is 1.14. The molecule has 4 heteroatoms. The second kappa shape index (κ2) is 14.5. The van der Waals surface area contributed by atoms with E-state index < -0.39 is 8.07 Å². The maximum absolute atomic E-state index is 3.15. The van der Waals surface area contributed by atoms with E-state index >= 15 is 0 Å². The van der Waals surface area contributed by atoms with Crippen LogP contribution < -0.4 is 20.7 Å². The Morgan fingerprint density at radius 3 is 1.12 bits per heavy atom. The van der Waals surface area contributed by atoms with Gasteiger partial charge in [-0.2, -0.15) is 0 Å². The molecule has 300 valence electrons. The molecule has 0 unspecified atom stereocenters. The molecule has 0 aliphatic rings. The van der Waals surface area contributed by atoms with Gasteiger partial charge in [0.05, 0.1) is 38.8 Å². The van der Waals surface area contributed by atoms with Gasteiger partial charge in [-0.25, -0.2) is 0 Å². The van der Waals surface area contributed by atoms with Crippen LogP contribution in [0.2, 0.25) is 0 Å². The topological polar surface area (TPSA) is 14.8 Å². The number of para-hydroxylation sites is 6. The second-order valence-electron chi connectivity index (χ2n) is 16.8. The second-order valence-corrected chi connectivity index (χ2v) is 20.6. The van der Waals surface area contributed by atoms with Gasteiger partial charge in [0.25, 0.3) is 0 Å². The van der Waals surface area contributed by atoms with E-state index in [1.807, 2.05) is 0 Å². The first-order valence-corrected chi connectivity index (χ1v) is 24.1. The van der Waals surface area contributed by atoms with Crippen molar-refractivity contribution in [1.82, 2.24) is 13.7 Å². The Hall–Kier alpha value is -8.18. The van der Waals surface area contributed by atoms with E-state index in [1.54, 1.807) is 0 Å². The van der Waals surface area contributed by atoms with Crippen LogP contribution in [-0.4, -0.2) is 21.8 Å². The highest BCUT2D eigenvalue weighted by Gasteiger charge is 2.44. The first-order chi connectivity index (χ1) is 31.8. The van der Waals surface area contributed by atoms with E-state index in [1.165, 1.54) is 91.9 Å². The van der Waals surface area contributed by atoms with E-state index in [0.717, 1.165) is 11.4 Å². The molecular weight excluding hydrogens is 791 g/mol. The summed E-state index contributed by atoms with van der Waals surface area (Å²) in [5.41, 5.74) is 10.6. The van der Waals surface area contributed by atoms with Crippen LogP contribution in [0.1, 0.15) is 0 Å². The van der Waals surface area contributed by atoms with Crippen molar-refractivity contribution in [2.24, 2.45) is 0 Å². The third-order valence-corrected chi connectivity index (χ3v) is 18.4. The highest BCUT2D eigenvalue weighted by Crippen LogP contribution is 2.41. The van der Waals surface area contributed by atoms with Gasteiger partial charge in [0.15, 0.2) is 8.07 Å². The summed E-state index contributed by atoms with van der Waals surface area (Å²) in [5, 5.41) is 12.7. The van der Waals surface area contributed by atoms with Crippen LogP contribution in [0.4, 0.5) is 0 Å². The molecule has 0 saturated carbocycles. The third-order valence-electron chi connectivity index (χ3n) is 13.6. The van der Waals surface area contributed by atoms with Crippen LogP contribution >= 0.6 is 0 Å². The van der Waals surface area contributed by atoms with Gasteiger partial charge in [-0.15, -0.1) is 0 Å². The zero-order valence-electron chi connectivity index (χ0n) is 35.0. The fraction of sp³-hybridized carbons (Fsp3) is 0. The smallest absolute Gasteiger partial charge is 0.181 e. The SMILES string of the molecule is c1ccc(-n2c3ccccc3c3cccc(-n4c5ccccc5c5cc(-n6c7ccccc7c7ccccc76)c([Si](c6ccccc6)(c6ccccc6)c6ccccc6)cc54)c32)cc1. The quantitative estimate of drug-likeness (QED) is 0.112. The first kappa shape index (κ1) is 36.5. The van der Waals surface area contributed by atoms with Crippen LogP contribution in [0.25, 0.3) is 82.5 Å². The number of fused-ring (bicyclic) bond motifs is 9. The van der Waals surface area contributed by atoms with E-state index in [2.05, 4.69) is 262 Å². The van der Waals surface area contributed by atoms with Crippen LogP contribution in [0.3, 0.4) is 0 Å². The summed E-state index contributed by atoms with van der Waals surface area (Å²) in [6, 6.07) is 92.6. The molecule has 10 aromatic carbocycles. The van der Waals surface area contributed by atoms with Crippen LogP contribution in [0.5, 0.6) is 0 Å². The lowest BCUT2D eigenvalue weighted by Crippen LogP contribution is -2.75. The average Bonchev–Trinajstić information content (AvgIpc) is 4.01. The summed E-state index contributed by atoms with van der Waals surface area (Å²) in [7, 11) is -3.15. The molecule has 0 N–H and O–H groups in total. The molecule has 64 heavy (non-hydrogen) atoms. The summed E-state index contributed by atoms with van der Waals surface area (Å²) in [6.07, 6.45) is 0. The van der Waals surface area contributed by atoms with Gasteiger partial charge in [0.2, 0.25) is 0 Å². The molecule has 3 heterocycles. The highest BCUT2D eigenvalue weighted by molar-refractivity contribution is 7.20. The predicted molar refractivity (Wildman–Crippen MR) is 273 cm³/mol. The minimum Gasteiger partial charge on any atom is -0.309 e. The number of rotatable bonds is 7. The molecule has 0 fully saturated rings. The summed E-state index contributed by atoms with van der Waals surface area (Å²) in [4.78, 5) is 0. The molecule has 3 nitrogen and oxygen atoms in total. The van der Waals surface area contributed by atoms with Crippen molar-refractivity contribution < 1.29 is 0 Å². The largest absolute Gasteiger partial charge is 0.309 e. The lowest BCUT2D eigenvalue weighted by atomic mass is 10.1. The van der Waals surface area contributed by atoms with E-state index in [4.69, 9.17) is 0 Å². The fourth-order valence-electron chi connectivity index (χ4n) is 11.0. The Balaban J connectivity index is 1.27. The van der Waals surface area contributed by atoms with Crippen molar-refractivity contribution in [3.05, 3.63) is 249 Å². The van der Waals surface area contributed by atoms with Gasteiger partial charge in [-0.1, -0.05) is 194 Å². The van der Waals surface area contributed by atoms with E-state index in [-0.39, 0.29) is 0 Å².